The van der Waals surface area contributed by atoms with Crippen molar-refractivity contribution in [1.29, 1.82) is 0 Å². The Hall–Kier alpha value is -3.50. The van der Waals surface area contributed by atoms with Crippen molar-refractivity contribution in [3.8, 4) is 0 Å². The minimum absolute atomic E-state index is 0.186. The van der Waals surface area contributed by atoms with E-state index in [2.05, 4.69) is 15.3 Å². The van der Waals surface area contributed by atoms with Gasteiger partial charge in [0.15, 0.2) is 10.5 Å². The van der Waals surface area contributed by atoms with Gasteiger partial charge in [0.2, 0.25) is 0 Å². The zero-order valence-corrected chi connectivity index (χ0v) is 19.0. The van der Waals surface area contributed by atoms with Gasteiger partial charge >= 0.3 is 0 Å². The zero-order chi connectivity index (χ0) is 23.6. The molecule has 2 heterocycles. The van der Waals surface area contributed by atoms with E-state index >= 15 is 0 Å². The lowest BCUT2D eigenvalue weighted by Crippen LogP contribution is -2.18. The Kier molecular flexibility index (Phi) is 6.47. The van der Waals surface area contributed by atoms with E-state index in [1.54, 1.807) is 32.2 Å². The molecule has 0 amide bonds. The van der Waals surface area contributed by atoms with Gasteiger partial charge in [-0.3, -0.25) is 9.79 Å². The van der Waals surface area contributed by atoms with Crippen LogP contribution in [0, 0.1) is 13.8 Å². The molecule has 168 valence electrons. The third-order valence-corrected chi connectivity index (χ3v) is 5.85. The summed E-state index contributed by atoms with van der Waals surface area (Å²) in [4.78, 5) is 21.0. The van der Waals surface area contributed by atoms with Crippen LogP contribution in [0.15, 0.2) is 55.9 Å². The van der Waals surface area contributed by atoms with Crippen LogP contribution in [0.4, 0.5) is 5.69 Å². The van der Waals surface area contributed by atoms with Gasteiger partial charge in [0, 0.05) is 36.8 Å². The minimum atomic E-state index is -4.03. The molecule has 0 saturated heterocycles. The second-order valence-electron chi connectivity index (χ2n) is 7.39. The second kappa shape index (κ2) is 8.93. The number of allylic oxidation sites excluding steroid dienone is 1. The molecule has 0 radical (unpaired) electrons. The van der Waals surface area contributed by atoms with E-state index in [1.807, 2.05) is 19.9 Å². The number of aliphatic imine (C=N–C) groups is 1. The monoisotopic (exact) mass is 455 g/mol. The Balaban J connectivity index is 2.23. The number of aryl methyl sites for hydroxylation is 1. The van der Waals surface area contributed by atoms with Crippen LogP contribution in [0.5, 0.6) is 0 Å². The molecule has 0 bridgehead atoms. The predicted octanol–water partition coefficient (Wildman–Crippen LogP) is 2.63. The van der Waals surface area contributed by atoms with E-state index in [-0.39, 0.29) is 16.1 Å². The third kappa shape index (κ3) is 4.41. The molecule has 3 aromatic rings. The Bertz CT molecular complexity index is 1410. The summed E-state index contributed by atoms with van der Waals surface area (Å²) < 4.78 is 30.0. The number of nitrogens with one attached hydrogen (secondary N) is 1. The van der Waals surface area contributed by atoms with Crippen molar-refractivity contribution in [2.75, 3.05) is 12.4 Å². The summed E-state index contributed by atoms with van der Waals surface area (Å²) >= 11 is 0. The number of hydrogen-bond donors (Lipinski definition) is 3. The van der Waals surface area contributed by atoms with Gasteiger partial charge in [0.25, 0.3) is 10.0 Å². The Labute approximate surface area is 185 Å². The van der Waals surface area contributed by atoms with Gasteiger partial charge in [-0.15, -0.1) is 0 Å². The summed E-state index contributed by atoms with van der Waals surface area (Å²) in [6.45, 7) is 5.36. The Morgan fingerprint density at radius 3 is 2.66 bits per heavy atom. The normalized spacial score (nSPS) is 13.6. The first kappa shape index (κ1) is 23.2. The standard InChI is InChI=1S/C22H25N5O4S/c1-12-8-16(14(3)27-18-6-5-7-26-22(18)32(24,29)30)21-17(9-12)19(28)13(2)20(31-21)15(10-23)11-25-4/h5-11,14,27H,23H2,1-4H3,(H2,24,29,30)/b15-10+,25-11?. The molecule has 3 rings (SSSR count). The van der Waals surface area contributed by atoms with Gasteiger partial charge in [0.1, 0.15) is 11.3 Å². The van der Waals surface area contributed by atoms with Crippen LogP contribution in [0.3, 0.4) is 0 Å². The highest BCUT2D eigenvalue weighted by atomic mass is 32.2. The van der Waals surface area contributed by atoms with Crippen LogP contribution in [-0.4, -0.2) is 26.7 Å². The molecular weight excluding hydrogens is 430 g/mol. The highest BCUT2D eigenvalue weighted by Gasteiger charge is 2.21. The number of sulfonamides is 1. The second-order valence-corrected chi connectivity index (χ2v) is 8.87. The zero-order valence-electron chi connectivity index (χ0n) is 18.2. The van der Waals surface area contributed by atoms with Crippen molar-refractivity contribution in [2.24, 2.45) is 15.9 Å². The number of nitrogens with two attached hydrogens (primary N) is 2. The van der Waals surface area contributed by atoms with Crippen LogP contribution in [0.25, 0.3) is 16.5 Å². The van der Waals surface area contributed by atoms with Gasteiger partial charge in [-0.25, -0.2) is 18.5 Å². The molecule has 2 aromatic heterocycles. The quantitative estimate of drug-likeness (QED) is 0.483. The first-order chi connectivity index (χ1) is 15.1. The fourth-order valence-corrected chi connectivity index (χ4v) is 4.16. The molecule has 0 aliphatic heterocycles. The minimum Gasteiger partial charge on any atom is -0.455 e. The molecule has 1 unspecified atom stereocenters. The summed E-state index contributed by atoms with van der Waals surface area (Å²) in [5.41, 5.74) is 8.55. The molecule has 9 nitrogen and oxygen atoms in total. The van der Waals surface area contributed by atoms with Crippen LogP contribution in [0.1, 0.15) is 35.4 Å². The molecule has 0 aliphatic rings. The highest BCUT2D eigenvalue weighted by Crippen LogP contribution is 2.31. The van der Waals surface area contributed by atoms with Crippen molar-refractivity contribution < 1.29 is 12.8 Å². The van der Waals surface area contributed by atoms with Crippen LogP contribution in [0.2, 0.25) is 0 Å². The van der Waals surface area contributed by atoms with Crippen LogP contribution in [-0.2, 0) is 10.0 Å². The molecule has 0 saturated carbocycles. The smallest absolute Gasteiger partial charge is 0.257 e. The van der Waals surface area contributed by atoms with Crippen LogP contribution < -0.4 is 21.6 Å². The summed E-state index contributed by atoms with van der Waals surface area (Å²) in [5.74, 6) is 0.319. The largest absolute Gasteiger partial charge is 0.455 e. The lowest BCUT2D eigenvalue weighted by molar-refractivity contribution is 0.575. The average Bonchev–Trinajstić information content (AvgIpc) is 2.74. The number of pyridine rings is 1. The van der Waals surface area contributed by atoms with Crippen molar-refractivity contribution in [3.05, 3.63) is 69.3 Å². The summed E-state index contributed by atoms with van der Waals surface area (Å²) in [6.07, 6.45) is 4.19. The van der Waals surface area contributed by atoms with Gasteiger partial charge < -0.3 is 15.5 Å². The van der Waals surface area contributed by atoms with Crippen molar-refractivity contribution in [1.82, 2.24) is 4.98 Å². The maximum atomic E-state index is 13.1. The first-order valence-corrected chi connectivity index (χ1v) is 11.3. The lowest BCUT2D eigenvalue weighted by atomic mass is 9.99. The Morgan fingerprint density at radius 1 is 1.31 bits per heavy atom. The molecule has 32 heavy (non-hydrogen) atoms. The van der Waals surface area contributed by atoms with E-state index in [4.69, 9.17) is 15.3 Å². The number of fused-ring (bicyclic) bond motifs is 1. The van der Waals surface area contributed by atoms with Gasteiger partial charge in [-0.05, 0) is 44.5 Å². The van der Waals surface area contributed by atoms with Gasteiger partial charge in [-0.1, -0.05) is 6.07 Å². The lowest BCUT2D eigenvalue weighted by Gasteiger charge is -2.19. The number of hydrogen-bond acceptors (Lipinski definition) is 8. The number of primary sulfonamides is 1. The summed E-state index contributed by atoms with van der Waals surface area (Å²) in [7, 11) is -2.44. The molecule has 1 aromatic carbocycles. The maximum Gasteiger partial charge on any atom is 0.257 e. The van der Waals surface area contributed by atoms with E-state index in [1.165, 1.54) is 18.6 Å². The molecule has 1 atom stereocenters. The fourth-order valence-electron chi connectivity index (χ4n) is 3.52. The molecule has 0 spiro atoms. The number of rotatable bonds is 6. The number of nitrogens with zero attached hydrogens (tertiary/aromatic N) is 2. The topological polar surface area (TPSA) is 154 Å². The van der Waals surface area contributed by atoms with Gasteiger partial charge in [0.05, 0.1) is 22.7 Å². The van der Waals surface area contributed by atoms with Crippen molar-refractivity contribution in [3.63, 3.8) is 0 Å². The van der Waals surface area contributed by atoms with Gasteiger partial charge in [-0.2, -0.15) is 0 Å². The molecule has 0 aliphatic carbocycles. The first-order valence-electron chi connectivity index (χ1n) is 9.75. The van der Waals surface area contributed by atoms with Crippen LogP contribution >= 0.6 is 0 Å². The predicted molar refractivity (Wildman–Crippen MR) is 126 cm³/mol. The molecule has 10 heteroatoms. The highest BCUT2D eigenvalue weighted by molar-refractivity contribution is 7.89. The molecular formula is C22H25N5O4S. The summed E-state index contributed by atoms with van der Waals surface area (Å²) in [5, 5.41) is 8.57. The van der Waals surface area contributed by atoms with E-state index in [9.17, 15) is 13.2 Å². The maximum absolute atomic E-state index is 13.1. The SMILES string of the molecule is CN=C/C(=C\N)c1oc2c(C(C)Nc3cccnc3S(N)(=O)=O)cc(C)cc2c(=O)c1C. The van der Waals surface area contributed by atoms with Crippen molar-refractivity contribution in [2.45, 2.75) is 31.8 Å². The molecule has 0 fully saturated rings. The Morgan fingerprint density at radius 2 is 2.03 bits per heavy atom. The average molecular weight is 456 g/mol. The van der Waals surface area contributed by atoms with E-state index < -0.39 is 16.1 Å². The van der Waals surface area contributed by atoms with E-state index in [0.29, 0.717) is 33.4 Å². The number of aromatic nitrogens is 1. The number of benzene rings is 1. The number of anilines is 1. The third-order valence-electron chi connectivity index (χ3n) is 4.98. The van der Waals surface area contributed by atoms with Crippen molar-refractivity contribution >= 4 is 38.5 Å². The van der Waals surface area contributed by atoms with E-state index in [0.717, 1.165) is 5.56 Å². The molecule has 5 N–H and O–H groups in total. The summed E-state index contributed by atoms with van der Waals surface area (Å²) in [6, 6.07) is 6.34. The fraction of sp³-hybridized carbons (Fsp3) is 0.227.